The minimum atomic E-state index is -0.556. The lowest BCUT2D eigenvalue weighted by Gasteiger charge is -2.43. The zero-order valence-electron chi connectivity index (χ0n) is 22.9. The summed E-state index contributed by atoms with van der Waals surface area (Å²) in [6, 6.07) is 6.27. The second-order valence-electron chi connectivity index (χ2n) is 12.4. The molecule has 0 aromatic heterocycles. The van der Waals surface area contributed by atoms with Crippen LogP contribution in [0.5, 0.6) is 0 Å². The van der Waals surface area contributed by atoms with Crippen molar-refractivity contribution in [1.82, 2.24) is 20.0 Å². The first-order chi connectivity index (χ1) is 18.4. The number of piperidine rings is 4. The molecule has 0 spiro atoms. The van der Waals surface area contributed by atoms with Crippen molar-refractivity contribution in [3.05, 3.63) is 29.3 Å². The second-order valence-corrected chi connectivity index (χ2v) is 12.4. The zero-order chi connectivity index (χ0) is 26.2. The third-order valence-corrected chi connectivity index (χ3v) is 9.76. The molecule has 1 aromatic carbocycles. The highest BCUT2D eigenvalue weighted by atomic mass is 16.2. The first kappa shape index (κ1) is 25.8. The number of anilines is 1. The molecule has 8 nitrogen and oxygen atoms in total. The van der Waals surface area contributed by atoms with Crippen molar-refractivity contribution < 1.29 is 14.4 Å². The number of rotatable bonds is 5. The molecule has 4 saturated heterocycles. The van der Waals surface area contributed by atoms with Crippen LogP contribution in [0.1, 0.15) is 74.2 Å². The van der Waals surface area contributed by atoms with Crippen LogP contribution in [-0.2, 0) is 16.1 Å². The number of nitrogens with zero attached hydrogens (tertiary/aromatic N) is 4. The van der Waals surface area contributed by atoms with Gasteiger partial charge in [0.05, 0.1) is 0 Å². The summed E-state index contributed by atoms with van der Waals surface area (Å²) in [5, 5.41) is 2.38. The summed E-state index contributed by atoms with van der Waals surface area (Å²) < 4.78 is 0. The summed E-state index contributed by atoms with van der Waals surface area (Å²) >= 11 is 0. The van der Waals surface area contributed by atoms with Crippen LogP contribution in [-0.4, -0.2) is 90.3 Å². The molecule has 38 heavy (non-hydrogen) atoms. The Kier molecular flexibility index (Phi) is 7.45. The molecular formula is C30H43N5O3. The summed E-state index contributed by atoms with van der Waals surface area (Å²) in [7, 11) is 0. The van der Waals surface area contributed by atoms with E-state index in [2.05, 4.69) is 39.1 Å². The average molecular weight is 522 g/mol. The van der Waals surface area contributed by atoms with Gasteiger partial charge in [-0.15, -0.1) is 0 Å². The number of imide groups is 1. The molecule has 1 N–H and O–H groups in total. The van der Waals surface area contributed by atoms with Gasteiger partial charge in [-0.05, 0) is 100 Å². The molecule has 5 aliphatic rings. The number of amides is 3. The van der Waals surface area contributed by atoms with Gasteiger partial charge in [-0.1, -0.05) is 6.92 Å². The van der Waals surface area contributed by atoms with E-state index in [0.29, 0.717) is 24.6 Å². The molecule has 0 bridgehead atoms. The standard InChI is InChI=1S/C30H43N5O3/c1-21-3-2-12-32(18-21)19-22-8-13-33(14-9-22)24-10-15-34(16-11-24)25-4-5-26-23(17-25)20-35(30(26)38)27-6-7-28(36)31-29(27)37/h4-5,17,21-22,24,27H,2-3,6-16,18-20H2,1H3,(H,31,36,37)/t21-,27?/m1/s1. The van der Waals surface area contributed by atoms with E-state index < -0.39 is 6.04 Å². The van der Waals surface area contributed by atoms with Crippen LogP contribution in [0.3, 0.4) is 0 Å². The molecule has 4 fully saturated rings. The van der Waals surface area contributed by atoms with Gasteiger partial charge in [0.2, 0.25) is 11.8 Å². The second kappa shape index (κ2) is 11.0. The fourth-order valence-electron chi connectivity index (χ4n) is 7.57. The molecule has 5 heterocycles. The third kappa shape index (κ3) is 5.34. The van der Waals surface area contributed by atoms with Crippen LogP contribution in [0.25, 0.3) is 0 Å². The summed E-state index contributed by atoms with van der Waals surface area (Å²) in [6.45, 7) is 11.3. The Labute approximate surface area is 226 Å². The highest BCUT2D eigenvalue weighted by Crippen LogP contribution is 2.33. The minimum absolute atomic E-state index is 0.0991. The van der Waals surface area contributed by atoms with Crippen molar-refractivity contribution in [2.45, 2.75) is 76.9 Å². The molecule has 8 heteroatoms. The number of hydrogen-bond acceptors (Lipinski definition) is 6. The van der Waals surface area contributed by atoms with E-state index in [9.17, 15) is 14.4 Å². The van der Waals surface area contributed by atoms with Gasteiger partial charge in [0, 0.05) is 56.4 Å². The van der Waals surface area contributed by atoms with E-state index in [1.54, 1.807) is 4.90 Å². The minimum Gasteiger partial charge on any atom is -0.371 e. The Morgan fingerprint density at radius 3 is 2.45 bits per heavy atom. The topological polar surface area (TPSA) is 76.2 Å². The van der Waals surface area contributed by atoms with Crippen LogP contribution < -0.4 is 10.2 Å². The lowest BCUT2D eigenvalue weighted by atomic mass is 9.91. The van der Waals surface area contributed by atoms with Crippen LogP contribution in [0.15, 0.2) is 18.2 Å². The molecule has 0 aliphatic carbocycles. The molecule has 0 radical (unpaired) electrons. The number of carbonyl (C=O) groups is 3. The first-order valence-corrected chi connectivity index (χ1v) is 14.9. The molecule has 206 valence electrons. The van der Waals surface area contributed by atoms with Gasteiger partial charge in [-0.3, -0.25) is 19.7 Å². The normalized spacial score (nSPS) is 28.6. The van der Waals surface area contributed by atoms with Gasteiger partial charge in [-0.25, -0.2) is 0 Å². The van der Waals surface area contributed by atoms with Crippen LogP contribution in [0, 0.1) is 11.8 Å². The van der Waals surface area contributed by atoms with Crippen LogP contribution in [0.2, 0.25) is 0 Å². The Bertz CT molecular complexity index is 1060. The van der Waals surface area contributed by atoms with Crippen molar-refractivity contribution in [3.8, 4) is 0 Å². The predicted octanol–water partition coefficient (Wildman–Crippen LogP) is 2.86. The average Bonchev–Trinajstić information content (AvgIpc) is 3.24. The van der Waals surface area contributed by atoms with Crippen molar-refractivity contribution in [2.75, 3.05) is 50.7 Å². The van der Waals surface area contributed by atoms with Gasteiger partial charge < -0.3 is 19.6 Å². The summed E-state index contributed by atoms with van der Waals surface area (Å²) in [5.41, 5.74) is 2.86. The molecule has 1 unspecified atom stereocenters. The summed E-state index contributed by atoms with van der Waals surface area (Å²) in [5.74, 6) is 1.03. The summed E-state index contributed by atoms with van der Waals surface area (Å²) in [4.78, 5) is 46.5. The van der Waals surface area contributed by atoms with E-state index in [0.717, 1.165) is 30.5 Å². The zero-order valence-corrected chi connectivity index (χ0v) is 22.9. The third-order valence-electron chi connectivity index (χ3n) is 9.76. The van der Waals surface area contributed by atoms with Gasteiger partial charge in [0.25, 0.3) is 5.91 Å². The van der Waals surface area contributed by atoms with E-state index in [1.807, 2.05) is 6.07 Å². The Balaban J connectivity index is 0.993. The van der Waals surface area contributed by atoms with E-state index >= 15 is 0 Å². The fraction of sp³-hybridized carbons (Fsp3) is 0.700. The largest absolute Gasteiger partial charge is 0.371 e. The van der Waals surface area contributed by atoms with Crippen LogP contribution >= 0.6 is 0 Å². The molecule has 0 saturated carbocycles. The molecule has 1 aromatic rings. The maximum absolute atomic E-state index is 13.0. The molecule has 5 aliphatic heterocycles. The maximum Gasteiger partial charge on any atom is 0.255 e. The first-order valence-electron chi connectivity index (χ1n) is 14.9. The Hall–Kier alpha value is -2.45. The van der Waals surface area contributed by atoms with Crippen LogP contribution in [0.4, 0.5) is 5.69 Å². The van der Waals surface area contributed by atoms with Crippen molar-refractivity contribution >= 4 is 23.4 Å². The Morgan fingerprint density at radius 2 is 1.71 bits per heavy atom. The SMILES string of the molecule is C[C@@H]1CCCN(CC2CCN(C3CCN(c4ccc5c(c4)CN(C4CCC(=O)NC4=O)C5=O)CC3)CC2)C1. The van der Waals surface area contributed by atoms with E-state index in [1.165, 1.54) is 76.9 Å². The number of hydrogen-bond donors (Lipinski definition) is 1. The highest BCUT2D eigenvalue weighted by Gasteiger charge is 2.39. The number of nitrogens with one attached hydrogen (secondary N) is 1. The highest BCUT2D eigenvalue weighted by molar-refractivity contribution is 6.05. The molecule has 2 atom stereocenters. The molecule has 3 amide bonds. The van der Waals surface area contributed by atoms with E-state index in [-0.39, 0.29) is 24.1 Å². The monoisotopic (exact) mass is 521 g/mol. The quantitative estimate of drug-likeness (QED) is 0.601. The lowest BCUT2D eigenvalue weighted by molar-refractivity contribution is -0.136. The van der Waals surface area contributed by atoms with Gasteiger partial charge >= 0.3 is 0 Å². The number of fused-ring (bicyclic) bond motifs is 1. The summed E-state index contributed by atoms with van der Waals surface area (Å²) in [6.07, 6.45) is 8.52. The van der Waals surface area contributed by atoms with Gasteiger partial charge in [-0.2, -0.15) is 0 Å². The number of likely N-dealkylation sites (tertiary alicyclic amines) is 2. The van der Waals surface area contributed by atoms with Gasteiger partial charge in [0.15, 0.2) is 0 Å². The number of carbonyl (C=O) groups excluding carboxylic acids is 3. The Morgan fingerprint density at radius 1 is 0.921 bits per heavy atom. The molecular weight excluding hydrogens is 478 g/mol. The maximum atomic E-state index is 13.0. The number of benzene rings is 1. The van der Waals surface area contributed by atoms with Gasteiger partial charge in [0.1, 0.15) is 6.04 Å². The fourth-order valence-corrected chi connectivity index (χ4v) is 7.57. The van der Waals surface area contributed by atoms with Crippen molar-refractivity contribution in [1.29, 1.82) is 0 Å². The predicted molar refractivity (Wildman–Crippen MR) is 147 cm³/mol. The van der Waals surface area contributed by atoms with Crippen molar-refractivity contribution in [3.63, 3.8) is 0 Å². The smallest absolute Gasteiger partial charge is 0.255 e. The molecule has 6 rings (SSSR count). The van der Waals surface area contributed by atoms with E-state index in [4.69, 9.17) is 0 Å². The van der Waals surface area contributed by atoms with Crippen molar-refractivity contribution in [2.24, 2.45) is 11.8 Å². The lowest BCUT2D eigenvalue weighted by Crippen LogP contribution is -2.52.